The highest BCUT2D eigenvalue weighted by Gasteiger charge is 2.05. The first-order valence-electron chi connectivity index (χ1n) is 6.41. The third kappa shape index (κ3) is 4.38. The largest absolute Gasteiger partial charge is 0.493 e. The summed E-state index contributed by atoms with van der Waals surface area (Å²) in [5.41, 5.74) is 0.739. The third-order valence-electron chi connectivity index (χ3n) is 2.69. The summed E-state index contributed by atoms with van der Waals surface area (Å²) < 4.78 is 10.8. The summed E-state index contributed by atoms with van der Waals surface area (Å²) in [5, 5.41) is 11.5. The predicted molar refractivity (Wildman–Crippen MR) is 78.0 cm³/mol. The molecule has 1 aromatic carbocycles. The van der Waals surface area contributed by atoms with Gasteiger partial charge in [-0.15, -0.1) is 0 Å². The Balaban J connectivity index is 1.97. The van der Waals surface area contributed by atoms with Crippen molar-refractivity contribution < 1.29 is 19.4 Å². The molecule has 2 rings (SSSR count). The number of hydrogen-bond donors (Lipinski definition) is 2. The quantitative estimate of drug-likeness (QED) is 0.815. The zero-order valence-corrected chi connectivity index (χ0v) is 11.6. The number of carbonyl (C=O) groups is 1. The molecule has 0 aliphatic rings. The van der Waals surface area contributed by atoms with E-state index in [1.807, 2.05) is 12.1 Å². The molecule has 2 aromatic rings. The van der Waals surface area contributed by atoms with Gasteiger partial charge in [-0.05, 0) is 18.2 Å². The van der Waals surface area contributed by atoms with Crippen LogP contribution >= 0.6 is 0 Å². The topological polar surface area (TPSA) is 80.7 Å². The average molecular weight is 288 g/mol. The Hall–Kier alpha value is -2.76. The van der Waals surface area contributed by atoms with Crippen LogP contribution in [-0.2, 0) is 4.79 Å². The van der Waals surface area contributed by atoms with Gasteiger partial charge >= 0.3 is 5.97 Å². The van der Waals surface area contributed by atoms with Crippen LogP contribution in [0.4, 0.5) is 5.69 Å². The van der Waals surface area contributed by atoms with E-state index in [9.17, 15) is 4.79 Å². The molecule has 2 N–H and O–H groups in total. The Morgan fingerprint density at radius 3 is 2.62 bits per heavy atom. The molecule has 1 aromatic heterocycles. The number of ether oxygens (including phenoxy) is 2. The third-order valence-corrected chi connectivity index (χ3v) is 2.69. The van der Waals surface area contributed by atoms with Gasteiger partial charge in [0.05, 0.1) is 25.4 Å². The van der Waals surface area contributed by atoms with Crippen molar-refractivity contribution in [1.82, 2.24) is 4.98 Å². The summed E-state index contributed by atoms with van der Waals surface area (Å²) in [6.07, 6.45) is 1.64. The van der Waals surface area contributed by atoms with Crippen LogP contribution in [0.3, 0.4) is 0 Å². The summed E-state index contributed by atoms with van der Waals surface area (Å²) >= 11 is 0. The maximum Gasteiger partial charge on any atom is 0.305 e. The summed E-state index contributed by atoms with van der Waals surface area (Å²) in [6.45, 7) is 0.351. The van der Waals surface area contributed by atoms with E-state index in [1.165, 1.54) is 0 Å². The van der Waals surface area contributed by atoms with Crippen LogP contribution in [0.1, 0.15) is 6.42 Å². The molecule has 0 atom stereocenters. The smallest absolute Gasteiger partial charge is 0.305 e. The fraction of sp³-hybridized carbons (Fsp3) is 0.200. The minimum Gasteiger partial charge on any atom is -0.493 e. The van der Waals surface area contributed by atoms with Crippen molar-refractivity contribution in [3.8, 4) is 17.4 Å². The van der Waals surface area contributed by atoms with Crippen molar-refractivity contribution in [1.29, 1.82) is 0 Å². The molecule has 0 bridgehead atoms. The molecule has 0 aliphatic heterocycles. The van der Waals surface area contributed by atoms with E-state index < -0.39 is 5.97 Å². The summed E-state index contributed by atoms with van der Waals surface area (Å²) in [5.74, 6) is 0.803. The molecule has 0 saturated carbocycles. The minimum absolute atomic E-state index is 0.0550. The van der Waals surface area contributed by atoms with Crippen molar-refractivity contribution >= 4 is 11.7 Å². The van der Waals surface area contributed by atoms with Crippen LogP contribution in [0.15, 0.2) is 42.6 Å². The molecule has 21 heavy (non-hydrogen) atoms. The van der Waals surface area contributed by atoms with Gasteiger partial charge in [-0.3, -0.25) is 4.79 Å². The Labute approximate surface area is 122 Å². The molecule has 0 unspecified atom stereocenters. The Bertz CT molecular complexity index is 599. The lowest BCUT2D eigenvalue weighted by Gasteiger charge is -2.10. The van der Waals surface area contributed by atoms with Crippen LogP contribution < -0.4 is 14.8 Å². The molecule has 0 aliphatic carbocycles. The lowest BCUT2D eigenvalue weighted by molar-refractivity contribution is -0.136. The molecular weight excluding hydrogens is 272 g/mol. The van der Waals surface area contributed by atoms with E-state index in [-0.39, 0.29) is 6.42 Å². The first-order valence-corrected chi connectivity index (χ1v) is 6.41. The lowest BCUT2D eigenvalue weighted by Crippen LogP contribution is -2.07. The van der Waals surface area contributed by atoms with Gasteiger partial charge in [0.25, 0.3) is 0 Å². The summed E-state index contributed by atoms with van der Waals surface area (Å²) in [6, 6.07) is 10.8. The van der Waals surface area contributed by atoms with Gasteiger partial charge in [-0.2, -0.15) is 0 Å². The van der Waals surface area contributed by atoms with Gasteiger partial charge in [-0.1, -0.05) is 12.1 Å². The predicted octanol–water partition coefficient (Wildman–Crippen LogP) is 2.77. The standard InChI is InChI=1S/C15H16N2O4/c1-20-12-4-2-3-5-13(12)21-14-7-6-11(10-17-14)16-9-8-15(18)19/h2-7,10,16H,8-9H2,1H3,(H,18,19). The number of carboxylic acid groups (broad SMARTS) is 1. The Morgan fingerprint density at radius 2 is 2.00 bits per heavy atom. The van der Waals surface area contributed by atoms with Gasteiger partial charge < -0.3 is 19.9 Å². The van der Waals surface area contributed by atoms with Crippen molar-refractivity contribution in [2.75, 3.05) is 19.0 Å². The van der Waals surface area contributed by atoms with Crippen LogP contribution in [0.25, 0.3) is 0 Å². The highest BCUT2D eigenvalue weighted by Crippen LogP contribution is 2.30. The molecule has 0 radical (unpaired) electrons. The van der Waals surface area contributed by atoms with Crippen LogP contribution in [0.5, 0.6) is 17.4 Å². The number of anilines is 1. The highest BCUT2D eigenvalue weighted by atomic mass is 16.5. The lowest BCUT2D eigenvalue weighted by atomic mass is 10.3. The van der Waals surface area contributed by atoms with E-state index in [4.69, 9.17) is 14.6 Å². The van der Waals surface area contributed by atoms with Crippen molar-refractivity contribution in [3.63, 3.8) is 0 Å². The number of aliphatic carboxylic acids is 1. The number of nitrogens with one attached hydrogen (secondary N) is 1. The van der Waals surface area contributed by atoms with Gasteiger partial charge in [0, 0.05) is 12.6 Å². The van der Waals surface area contributed by atoms with E-state index in [0.717, 1.165) is 5.69 Å². The zero-order chi connectivity index (χ0) is 15.1. The number of aromatic nitrogens is 1. The monoisotopic (exact) mass is 288 g/mol. The first-order chi connectivity index (χ1) is 10.2. The van der Waals surface area contributed by atoms with Crippen LogP contribution in [-0.4, -0.2) is 29.7 Å². The summed E-state index contributed by atoms with van der Waals surface area (Å²) in [7, 11) is 1.57. The van der Waals surface area contributed by atoms with Crippen molar-refractivity contribution in [3.05, 3.63) is 42.6 Å². The van der Waals surface area contributed by atoms with Gasteiger partial charge in [0.15, 0.2) is 11.5 Å². The number of nitrogens with zero attached hydrogens (tertiary/aromatic N) is 1. The van der Waals surface area contributed by atoms with Crippen molar-refractivity contribution in [2.24, 2.45) is 0 Å². The second-order valence-corrected chi connectivity index (χ2v) is 4.21. The van der Waals surface area contributed by atoms with Crippen LogP contribution in [0.2, 0.25) is 0 Å². The average Bonchev–Trinajstić information content (AvgIpc) is 2.49. The van der Waals surface area contributed by atoms with Gasteiger partial charge in [0.2, 0.25) is 5.88 Å². The molecule has 0 fully saturated rings. The normalized spacial score (nSPS) is 9.95. The maximum atomic E-state index is 10.4. The molecule has 0 spiro atoms. The number of methoxy groups -OCH3 is 1. The van der Waals surface area contributed by atoms with Gasteiger partial charge in [-0.25, -0.2) is 4.98 Å². The Kier molecular flexibility index (Phi) is 4.98. The number of rotatable bonds is 7. The molecule has 0 amide bonds. The zero-order valence-electron chi connectivity index (χ0n) is 11.6. The summed E-state index contributed by atoms with van der Waals surface area (Å²) in [4.78, 5) is 14.6. The first kappa shape index (κ1) is 14.6. The van der Waals surface area contributed by atoms with Gasteiger partial charge in [0.1, 0.15) is 0 Å². The fourth-order valence-corrected chi connectivity index (χ4v) is 1.67. The number of benzene rings is 1. The molecule has 6 heteroatoms. The molecular formula is C15H16N2O4. The van der Waals surface area contributed by atoms with Crippen LogP contribution in [0, 0.1) is 0 Å². The number of para-hydroxylation sites is 2. The number of hydrogen-bond acceptors (Lipinski definition) is 5. The maximum absolute atomic E-state index is 10.4. The molecule has 1 heterocycles. The molecule has 0 saturated heterocycles. The van der Waals surface area contributed by atoms with E-state index >= 15 is 0 Å². The molecule has 6 nitrogen and oxygen atoms in total. The second kappa shape index (κ2) is 7.14. The second-order valence-electron chi connectivity index (χ2n) is 4.21. The van der Waals surface area contributed by atoms with E-state index in [0.29, 0.717) is 23.9 Å². The SMILES string of the molecule is COc1ccccc1Oc1ccc(NCCC(=O)O)cn1. The number of carboxylic acids is 1. The number of pyridine rings is 1. The minimum atomic E-state index is -0.841. The van der Waals surface area contributed by atoms with E-state index in [2.05, 4.69) is 10.3 Å². The Morgan fingerprint density at radius 1 is 1.24 bits per heavy atom. The molecule has 110 valence electrons. The fourth-order valence-electron chi connectivity index (χ4n) is 1.67. The highest BCUT2D eigenvalue weighted by molar-refractivity contribution is 5.67. The van der Waals surface area contributed by atoms with Crippen molar-refractivity contribution in [2.45, 2.75) is 6.42 Å². The van der Waals surface area contributed by atoms with E-state index in [1.54, 1.807) is 37.6 Å².